The molecule has 0 bridgehead atoms. The van der Waals surface area contributed by atoms with Gasteiger partial charge in [-0.3, -0.25) is 4.98 Å². The molecule has 0 aliphatic heterocycles. The second-order valence-corrected chi connectivity index (χ2v) is 2.95. The molecule has 0 unspecified atom stereocenters. The molecule has 0 aliphatic carbocycles. The minimum absolute atomic E-state index is 0.0487. The van der Waals surface area contributed by atoms with Gasteiger partial charge < -0.3 is 10.8 Å². The number of rotatable bonds is 3. The number of aliphatic hydroxyl groups is 1. The number of hydrogen-bond acceptors (Lipinski definition) is 3. The quantitative estimate of drug-likeness (QED) is 0.776. The van der Waals surface area contributed by atoms with Crippen LogP contribution in [0.1, 0.15) is 28.9 Å². The third-order valence-corrected chi connectivity index (χ3v) is 2.01. The van der Waals surface area contributed by atoms with Crippen molar-refractivity contribution in [3.8, 4) is 0 Å². The van der Waals surface area contributed by atoms with Crippen LogP contribution < -0.4 is 5.73 Å². The van der Waals surface area contributed by atoms with Crippen molar-refractivity contribution >= 4 is 0 Å². The van der Waals surface area contributed by atoms with Gasteiger partial charge in [-0.05, 0) is 18.6 Å². The Labute approximate surface area is 80.6 Å². The summed E-state index contributed by atoms with van der Waals surface area (Å²) in [6.45, 7) is 1.32. The summed E-state index contributed by atoms with van der Waals surface area (Å²) in [6, 6.07) is 1.32. The van der Waals surface area contributed by atoms with Crippen molar-refractivity contribution < 1.29 is 13.9 Å². The van der Waals surface area contributed by atoms with Crippen LogP contribution in [0, 0.1) is 6.92 Å². The lowest BCUT2D eigenvalue weighted by molar-refractivity contribution is 0.149. The second-order valence-electron chi connectivity index (χ2n) is 2.95. The monoisotopic (exact) mass is 202 g/mol. The predicted molar refractivity (Wildman–Crippen MR) is 47.7 cm³/mol. The van der Waals surface area contributed by atoms with E-state index in [0.717, 1.165) is 0 Å². The van der Waals surface area contributed by atoms with E-state index in [9.17, 15) is 8.78 Å². The molecule has 0 aliphatic rings. The van der Waals surface area contributed by atoms with Crippen LogP contribution in [0.2, 0.25) is 0 Å². The second kappa shape index (κ2) is 4.43. The van der Waals surface area contributed by atoms with Crippen LogP contribution in [0.4, 0.5) is 8.78 Å². The van der Waals surface area contributed by atoms with Crippen molar-refractivity contribution in [3.63, 3.8) is 0 Å². The zero-order valence-electron chi connectivity index (χ0n) is 7.80. The number of aromatic nitrogens is 1. The van der Waals surface area contributed by atoms with Crippen molar-refractivity contribution in [2.75, 3.05) is 0 Å². The third kappa shape index (κ3) is 2.05. The molecule has 0 radical (unpaired) electrons. The fourth-order valence-electron chi connectivity index (χ4n) is 1.23. The lowest BCUT2D eigenvalue weighted by atomic mass is 10.1. The standard InChI is InChI=1S/C9H12F2N2O/c1-5-2-6(9(10)11)7(3-12)13-8(5)4-14/h2,9,14H,3-4,12H2,1H3. The molecule has 3 nitrogen and oxygen atoms in total. The largest absolute Gasteiger partial charge is 0.390 e. The van der Waals surface area contributed by atoms with Gasteiger partial charge in [-0.2, -0.15) is 0 Å². The molecule has 0 saturated heterocycles. The third-order valence-electron chi connectivity index (χ3n) is 2.01. The number of alkyl halides is 2. The zero-order chi connectivity index (χ0) is 10.7. The van der Waals surface area contributed by atoms with Crippen LogP contribution in [0.5, 0.6) is 0 Å². The lowest BCUT2D eigenvalue weighted by Crippen LogP contribution is -2.09. The van der Waals surface area contributed by atoms with Crippen molar-refractivity contribution in [1.29, 1.82) is 0 Å². The van der Waals surface area contributed by atoms with Crippen LogP contribution in [0.15, 0.2) is 6.07 Å². The first kappa shape index (κ1) is 11.0. The Morgan fingerprint density at radius 3 is 2.57 bits per heavy atom. The molecule has 0 saturated carbocycles. The Morgan fingerprint density at radius 1 is 1.50 bits per heavy atom. The van der Waals surface area contributed by atoms with Gasteiger partial charge >= 0.3 is 0 Å². The smallest absolute Gasteiger partial charge is 0.265 e. The van der Waals surface area contributed by atoms with Gasteiger partial charge in [0, 0.05) is 12.1 Å². The van der Waals surface area contributed by atoms with Gasteiger partial charge in [0.1, 0.15) is 0 Å². The summed E-state index contributed by atoms with van der Waals surface area (Å²) in [4.78, 5) is 3.88. The van der Waals surface area contributed by atoms with Gasteiger partial charge in [0.15, 0.2) is 0 Å². The molecule has 0 aromatic carbocycles. The summed E-state index contributed by atoms with van der Waals surface area (Å²) < 4.78 is 24.9. The van der Waals surface area contributed by atoms with E-state index in [1.54, 1.807) is 6.92 Å². The Hall–Kier alpha value is -1.07. The first-order valence-corrected chi connectivity index (χ1v) is 4.18. The highest BCUT2D eigenvalue weighted by Crippen LogP contribution is 2.23. The van der Waals surface area contributed by atoms with Gasteiger partial charge in [-0.15, -0.1) is 0 Å². The van der Waals surface area contributed by atoms with Crippen molar-refractivity contribution in [1.82, 2.24) is 4.98 Å². The lowest BCUT2D eigenvalue weighted by Gasteiger charge is -2.10. The molecular formula is C9H12F2N2O. The molecule has 0 atom stereocenters. The van der Waals surface area contributed by atoms with E-state index in [1.165, 1.54) is 6.07 Å². The highest BCUT2D eigenvalue weighted by Gasteiger charge is 2.15. The summed E-state index contributed by atoms with van der Waals surface area (Å²) in [5.41, 5.74) is 6.24. The van der Waals surface area contributed by atoms with Crippen LogP contribution in [-0.2, 0) is 13.2 Å². The molecule has 0 spiro atoms. The van der Waals surface area contributed by atoms with E-state index in [0.29, 0.717) is 11.3 Å². The van der Waals surface area contributed by atoms with Crippen LogP contribution in [0.25, 0.3) is 0 Å². The van der Waals surface area contributed by atoms with E-state index >= 15 is 0 Å². The maximum absolute atomic E-state index is 12.5. The molecule has 0 amide bonds. The minimum atomic E-state index is -2.58. The van der Waals surface area contributed by atoms with E-state index in [4.69, 9.17) is 10.8 Å². The summed E-state index contributed by atoms with van der Waals surface area (Å²) in [6.07, 6.45) is -2.58. The number of halogens is 2. The Balaban J connectivity index is 3.24. The molecule has 78 valence electrons. The van der Waals surface area contributed by atoms with Crippen molar-refractivity contribution in [3.05, 3.63) is 28.6 Å². The average molecular weight is 202 g/mol. The fraction of sp³-hybridized carbons (Fsp3) is 0.444. The highest BCUT2D eigenvalue weighted by atomic mass is 19.3. The first-order valence-electron chi connectivity index (χ1n) is 4.18. The molecule has 5 heteroatoms. The Kier molecular flexibility index (Phi) is 3.49. The summed E-state index contributed by atoms with van der Waals surface area (Å²) in [5.74, 6) is 0. The number of nitrogens with two attached hydrogens (primary N) is 1. The fourth-order valence-corrected chi connectivity index (χ4v) is 1.23. The summed E-state index contributed by atoms with van der Waals surface area (Å²) in [7, 11) is 0. The predicted octanol–water partition coefficient (Wildman–Crippen LogP) is 1.28. The molecule has 0 fully saturated rings. The first-order chi connectivity index (χ1) is 6.60. The van der Waals surface area contributed by atoms with Crippen LogP contribution >= 0.6 is 0 Å². The normalized spacial score (nSPS) is 11.0. The van der Waals surface area contributed by atoms with Gasteiger partial charge in [0.25, 0.3) is 6.43 Å². The van der Waals surface area contributed by atoms with Crippen molar-refractivity contribution in [2.24, 2.45) is 5.73 Å². The molecule has 1 heterocycles. The van der Waals surface area contributed by atoms with E-state index < -0.39 is 6.43 Å². The maximum Gasteiger partial charge on any atom is 0.265 e. The molecular weight excluding hydrogens is 190 g/mol. The van der Waals surface area contributed by atoms with Gasteiger partial charge in [0.05, 0.1) is 18.0 Å². The average Bonchev–Trinajstić information content (AvgIpc) is 2.17. The number of aliphatic hydroxyl groups excluding tert-OH is 1. The molecule has 1 rings (SSSR count). The molecule has 1 aromatic rings. The van der Waals surface area contributed by atoms with E-state index in [-0.39, 0.29) is 24.4 Å². The minimum Gasteiger partial charge on any atom is -0.390 e. The molecule has 14 heavy (non-hydrogen) atoms. The SMILES string of the molecule is Cc1cc(C(F)F)c(CN)nc1CO. The maximum atomic E-state index is 12.5. The number of aryl methyl sites for hydroxylation is 1. The van der Waals surface area contributed by atoms with Crippen LogP contribution in [0.3, 0.4) is 0 Å². The summed E-state index contributed by atoms with van der Waals surface area (Å²) >= 11 is 0. The molecule has 3 N–H and O–H groups in total. The highest BCUT2D eigenvalue weighted by molar-refractivity contribution is 5.30. The Morgan fingerprint density at radius 2 is 2.14 bits per heavy atom. The van der Waals surface area contributed by atoms with E-state index in [2.05, 4.69) is 4.98 Å². The summed E-state index contributed by atoms with van der Waals surface area (Å²) in [5, 5.41) is 8.88. The van der Waals surface area contributed by atoms with E-state index in [1.807, 2.05) is 0 Å². The zero-order valence-corrected chi connectivity index (χ0v) is 7.80. The van der Waals surface area contributed by atoms with Gasteiger partial charge in [-0.25, -0.2) is 8.78 Å². The number of pyridine rings is 1. The topological polar surface area (TPSA) is 59.1 Å². The molecule has 1 aromatic heterocycles. The van der Waals surface area contributed by atoms with Crippen LogP contribution in [-0.4, -0.2) is 10.1 Å². The Bertz CT molecular complexity index is 329. The van der Waals surface area contributed by atoms with Gasteiger partial charge in [0.2, 0.25) is 0 Å². The number of hydrogen-bond donors (Lipinski definition) is 2. The number of nitrogens with zero attached hydrogens (tertiary/aromatic N) is 1. The van der Waals surface area contributed by atoms with Crippen molar-refractivity contribution in [2.45, 2.75) is 26.5 Å². The van der Waals surface area contributed by atoms with Gasteiger partial charge in [-0.1, -0.05) is 0 Å².